The molecule has 1 rings (SSSR count). The summed E-state index contributed by atoms with van der Waals surface area (Å²) in [6.07, 6.45) is 1.77. The molecule has 0 bridgehead atoms. The van der Waals surface area contributed by atoms with Gasteiger partial charge in [-0.25, -0.2) is 0 Å². The zero-order valence-electron chi connectivity index (χ0n) is 8.20. The highest BCUT2D eigenvalue weighted by Crippen LogP contribution is 2.09. The van der Waals surface area contributed by atoms with Crippen molar-refractivity contribution in [1.29, 1.82) is 0 Å². The first-order valence-corrected chi connectivity index (χ1v) is 4.42. The lowest BCUT2D eigenvalue weighted by atomic mass is 10.2. The smallest absolute Gasteiger partial charge is 0.233 e. The minimum absolute atomic E-state index is 0.0344. The number of rotatable bonds is 3. The Morgan fingerprint density at radius 2 is 1.86 bits per heavy atom. The first kappa shape index (κ1) is 10.4. The number of hydrogen-bond donors (Lipinski definition) is 1. The van der Waals surface area contributed by atoms with Crippen LogP contribution in [0, 0.1) is 5.92 Å². The molecule has 1 amide bonds. The van der Waals surface area contributed by atoms with Gasteiger partial charge in [-0.1, -0.05) is 13.8 Å². The van der Waals surface area contributed by atoms with Crippen LogP contribution in [0.1, 0.15) is 19.4 Å². The molecule has 0 aliphatic heterocycles. The highest BCUT2D eigenvalue weighted by Gasteiger charge is 2.06. The molecule has 0 aliphatic carbocycles. The molecule has 1 aromatic rings. The predicted octanol–water partition coefficient (Wildman–Crippen LogP) is 1.74. The standard InChI is InChI=1S/C11H12NO2/c1-8(2)11(14)12-10-5-3-9(7-13)4-6-10/h3-6,8H,1-2H3,(H,12,14). The molecular formula is C11H12NO2. The summed E-state index contributed by atoms with van der Waals surface area (Å²) in [5.41, 5.74) is 1.18. The van der Waals surface area contributed by atoms with E-state index in [0.717, 1.165) is 0 Å². The van der Waals surface area contributed by atoms with Crippen LogP contribution in [0.25, 0.3) is 0 Å². The number of benzene rings is 1. The van der Waals surface area contributed by atoms with E-state index in [-0.39, 0.29) is 11.8 Å². The van der Waals surface area contributed by atoms with Crippen molar-refractivity contribution in [2.45, 2.75) is 13.8 Å². The van der Waals surface area contributed by atoms with Crippen molar-refractivity contribution >= 4 is 17.9 Å². The van der Waals surface area contributed by atoms with Gasteiger partial charge < -0.3 is 5.32 Å². The average molecular weight is 190 g/mol. The van der Waals surface area contributed by atoms with Gasteiger partial charge in [0.15, 0.2) is 0 Å². The molecule has 3 heteroatoms. The fourth-order valence-corrected chi connectivity index (χ4v) is 0.908. The minimum atomic E-state index is -0.0488. The predicted molar refractivity (Wildman–Crippen MR) is 54.7 cm³/mol. The Labute approximate surface area is 83.1 Å². The number of hydrogen-bond acceptors (Lipinski definition) is 2. The highest BCUT2D eigenvalue weighted by atomic mass is 16.1. The van der Waals surface area contributed by atoms with E-state index in [1.807, 2.05) is 13.8 Å². The van der Waals surface area contributed by atoms with Crippen molar-refractivity contribution in [2.24, 2.45) is 5.92 Å². The third-order valence-corrected chi connectivity index (χ3v) is 1.79. The third kappa shape index (κ3) is 2.69. The van der Waals surface area contributed by atoms with Crippen LogP contribution in [-0.2, 0) is 9.59 Å². The van der Waals surface area contributed by atoms with Crippen LogP contribution < -0.4 is 5.32 Å². The molecule has 0 atom stereocenters. The number of anilines is 1. The monoisotopic (exact) mass is 190 g/mol. The van der Waals surface area contributed by atoms with Gasteiger partial charge in [0.1, 0.15) is 0 Å². The van der Waals surface area contributed by atoms with Crippen LogP contribution in [0.3, 0.4) is 0 Å². The van der Waals surface area contributed by atoms with E-state index in [9.17, 15) is 9.59 Å². The van der Waals surface area contributed by atoms with E-state index in [4.69, 9.17) is 0 Å². The van der Waals surface area contributed by atoms with E-state index in [0.29, 0.717) is 11.3 Å². The van der Waals surface area contributed by atoms with Crippen LogP contribution in [0.4, 0.5) is 5.69 Å². The van der Waals surface area contributed by atoms with Gasteiger partial charge in [-0.15, -0.1) is 0 Å². The van der Waals surface area contributed by atoms with Crippen molar-refractivity contribution in [1.82, 2.24) is 0 Å². The molecular weight excluding hydrogens is 178 g/mol. The van der Waals surface area contributed by atoms with Crippen molar-refractivity contribution in [3.05, 3.63) is 29.8 Å². The Morgan fingerprint density at radius 3 is 2.29 bits per heavy atom. The maximum Gasteiger partial charge on any atom is 0.233 e. The lowest BCUT2D eigenvalue weighted by Crippen LogP contribution is -2.17. The summed E-state index contributed by atoms with van der Waals surface area (Å²) in [6, 6.07) is 6.59. The van der Waals surface area contributed by atoms with E-state index < -0.39 is 0 Å². The van der Waals surface area contributed by atoms with Gasteiger partial charge in [0.25, 0.3) is 0 Å². The van der Waals surface area contributed by atoms with Gasteiger partial charge in [0.05, 0.1) is 0 Å². The lowest BCUT2D eigenvalue weighted by molar-refractivity contribution is -0.118. The fraction of sp³-hybridized carbons (Fsp3) is 0.273. The van der Waals surface area contributed by atoms with E-state index in [1.54, 1.807) is 30.6 Å². The van der Waals surface area contributed by atoms with E-state index in [2.05, 4.69) is 5.32 Å². The summed E-state index contributed by atoms with van der Waals surface area (Å²) in [5, 5.41) is 2.72. The van der Waals surface area contributed by atoms with Crippen LogP contribution in [0.2, 0.25) is 0 Å². The maximum absolute atomic E-state index is 11.3. The Hall–Kier alpha value is -1.64. The lowest BCUT2D eigenvalue weighted by Gasteiger charge is -2.06. The first-order valence-electron chi connectivity index (χ1n) is 4.42. The SMILES string of the molecule is CC(C)C(=O)Nc1ccc([C]=O)cc1. The number of amides is 1. The summed E-state index contributed by atoms with van der Waals surface area (Å²) in [5.74, 6) is -0.0832. The molecule has 1 N–H and O–H groups in total. The molecule has 0 saturated carbocycles. The summed E-state index contributed by atoms with van der Waals surface area (Å²) < 4.78 is 0. The molecule has 0 saturated heterocycles. The molecule has 3 nitrogen and oxygen atoms in total. The quantitative estimate of drug-likeness (QED) is 0.789. The van der Waals surface area contributed by atoms with Crippen LogP contribution in [0.5, 0.6) is 0 Å². The molecule has 14 heavy (non-hydrogen) atoms. The van der Waals surface area contributed by atoms with Gasteiger partial charge in [-0.2, -0.15) is 0 Å². The third-order valence-electron chi connectivity index (χ3n) is 1.79. The van der Waals surface area contributed by atoms with Gasteiger partial charge >= 0.3 is 0 Å². The molecule has 73 valence electrons. The molecule has 0 heterocycles. The van der Waals surface area contributed by atoms with Crippen molar-refractivity contribution in [2.75, 3.05) is 5.32 Å². The second kappa shape index (κ2) is 4.56. The summed E-state index contributed by atoms with van der Waals surface area (Å²) in [7, 11) is 0. The molecule has 0 aromatic heterocycles. The Morgan fingerprint density at radius 1 is 1.29 bits per heavy atom. The first-order chi connectivity index (χ1) is 6.63. The van der Waals surface area contributed by atoms with Crippen LogP contribution in [0.15, 0.2) is 24.3 Å². The molecule has 0 spiro atoms. The molecule has 0 fully saturated rings. The molecule has 1 aromatic carbocycles. The van der Waals surface area contributed by atoms with E-state index in [1.165, 1.54) is 0 Å². The van der Waals surface area contributed by atoms with Crippen molar-refractivity contribution < 1.29 is 9.59 Å². The Kier molecular flexibility index (Phi) is 3.40. The second-order valence-electron chi connectivity index (χ2n) is 3.32. The summed E-state index contributed by atoms with van der Waals surface area (Å²) in [6.45, 7) is 3.64. The topological polar surface area (TPSA) is 46.2 Å². The molecule has 0 aliphatic rings. The molecule has 0 unspecified atom stereocenters. The number of nitrogens with one attached hydrogen (secondary N) is 1. The molecule has 1 radical (unpaired) electrons. The Bertz CT molecular complexity index is 328. The van der Waals surface area contributed by atoms with E-state index >= 15 is 0 Å². The fourth-order valence-electron chi connectivity index (χ4n) is 0.908. The zero-order chi connectivity index (χ0) is 10.6. The average Bonchev–Trinajstić information content (AvgIpc) is 2.19. The maximum atomic E-state index is 11.3. The van der Waals surface area contributed by atoms with Gasteiger partial charge in [-0.05, 0) is 24.3 Å². The summed E-state index contributed by atoms with van der Waals surface area (Å²) >= 11 is 0. The zero-order valence-corrected chi connectivity index (χ0v) is 8.20. The summed E-state index contributed by atoms with van der Waals surface area (Å²) in [4.78, 5) is 21.5. The van der Waals surface area contributed by atoms with Crippen LogP contribution in [-0.4, -0.2) is 12.2 Å². The number of carbonyl (C=O) groups excluding carboxylic acids is 2. The van der Waals surface area contributed by atoms with Gasteiger partial charge in [-0.3, -0.25) is 9.59 Å². The minimum Gasteiger partial charge on any atom is -0.326 e. The number of carbonyl (C=O) groups is 1. The normalized spacial score (nSPS) is 9.93. The largest absolute Gasteiger partial charge is 0.326 e. The van der Waals surface area contributed by atoms with Crippen molar-refractivity contribution in [3.8, 4) is 0 Å². The van der Waals surface area contributed by atoms with Gasteiger partial charge in [0, 0.05) is 17.2 Å². The highest BCUT2D eigenvalue weighted by molar-refractivity contribution is 5.92. The second-order valence-corrected chi connectivity index (χ2v) is 3.32. The van der Waals surface area contributed by atoms with Crippen LogP contribution >= 0.6 is 0 Å². The van der Waals surface area contributed by atoms with Crippen molar-refractivity contribution in [3.63, 3.8) is 0 Å². The van der Waals surface area contributed by atoms with Gasteiger partial charge in [0.2, 0.25) is 12.2 Å². The Balaban J connectivity index is 2.69.